The number of aromatic nitrogens is 4. The molecule has 0 amide bonds. The van der Waals surface area contributed by atoms with Crippen LogP contribution in [0.15, 0.2) is 53.3 Å². The van der Waals surface area contributed by atoms with Gasteiger partial charge in [0, 0.05) is 52.0 Å². The van der Waals surface area contributed by atoms with Crippen molar-refractivity contribution in [2.24, 2.45) is 0 Å². The molecular weight excluding hydrogens is 483 g/mol. The van der Waals surface area contributed by atoms with Crippen LogP contribution in [0.25, 0.3) is 34.0 Å². The van der Waals surface area contributed by atoms with Gasteiger partial charge in [-0.25, -0.2) is 9.37 Å². The summed E-state index contributed by atoms with van der Waals surface area (Å²) in [6, 6.07) is 14.1. The molecule has 1 aliphatic heterocycles. The lowest BCUT2D eigenvalue weighted by molar-refractivity contribution is 0.0776. The van der Waals surface area contributed by atoms with Crippen LogP contribution in [-0.4, -0.2) is 39.4 Å². The summed E-state index contributed by atoms with van der Waals surface area (Å²) in [5.41, 5.74) is 3.39. The summed E-state index contributed by atoms with van der Waals surface area (Å²) in [6.07, 6.45) is 5.06. The summed E-state index contributed by atoms with van der Waals surface area (Å²) < 4.78 is 26.4. The SMILES string of the molecule is Cc1ncc(-c2ccnc(C(C)(C)C#N)c2F)nc1-c1cc(-c2ccc(CNC3CCOCC3)cc2)no1.[HH].[HH]. The van der Waals surface area contributed by atoms with Crippen molar-refractivity contribution in [3.63, 3.8) is 0 Å². The van der Waals surface area contributed by atoms with Crippen LogP contribution in [0, 0.1) is 24.1 Å². The van der Waals surface area contributed by atoms with Crippen LogP contribution in [0.2, 0.25) is 0 Å². The van der Waals surface area contributed by atoms with Gasteiger partial charge in [-0.1, -0.05) is 29.4 Å². The predicted octanol–water partition coefficient (Wildman–Crippen LogP) is 5.87. The van der Waals surface area contributed by atoms with E-state index in [1.54, 1.807) is 13.8 Å². The van der Waals surface area contributed by atoms with E-state index in [4.69, 9.17) is 9.26 Å². The molecule has 38 heavy (non-hydrogen) atoms. The Balaban J connectivity index is 0.00000220. The highest BCUT2D eigenvalue weighted by Crippen LogP contribution is 2.32. The van der Waals surface area contributed by atoms with E-state index in [-0.39, 0.29) is 14.1 Å². The van der Waals surface area contributed by atoms with Crippen LogP contribution in [0.3, 0.4) is 0 Å². The molecule has 1 fully saturated rings. The van der Waals surface area contributed by atoms with Gasteiger partial charge in [0.25, 0.3) is 0 Å². The van der Waals surface area contributed by atoms with Gasteiger partial charge in [-0.3, -0.25) is 9.97 Å². The van der Waals surface area contributed by atoms with E-state index in [0.717, 1.165) is 38.2 Å². The molecule has 4 heterocycles. The van der Waals surface area contributed by atoms with Crippen LogP contribution in [-0.2, 0) is 16.7 Å². The van der Waals surface area contributed by atoms with Crippen LogP contribution in [0.1, 0.15) is 46.5 Å². The molecule has 0 aliphatic carbocycles. The fraction of sp³-hybridized carbons (Fsp3) is 0.345. The Hall–Kier alpha value is -4.00. The Morgan fingerprint density at radius 3 is 2.63 bits per heavy atom. The van der Waals surface area contributed by atoms with Crippen molar-refractivity contribution in [1.29, 1.82) is 5.26 Å². The Morgan fingerprint density at radius 1 is 1.13 bits per heavy atom. The van der Waals surface area contributed by atoms with Gasteiger partial charge in [-0.05, 0) is 45.2 Å². The van der Waals surface area contributed by atoms with Crippen molar-refractivity contribution in [2.45, 2.75) is 51.6 Å². The number of benzene rings is 1. The Bertz CT molecular complexity index is 1480. The quantitative estimate of drug-likeness (QED) is 0.325. The number of nitriles is 1. The highest BCUT2D eigenvalue weighted by molar-refractivity contribution is 5.69. The lowest BCUT2D eigenvalue weighted by atomic mass is 9.89. The van der Waals surface area contributed by atoms with Crippen molar-refractivity contribution >= 4 is 0 Å². The smallest absolute Gasteiger partial charge is 0.187 e. The average Bonchev–Trinajstić information content (AvgIpc) is 3.43. The molecule has 3 aromatic heterocycles. The van der Waals surface area contributed by atoms with Crippen molar-refractivity contribution in [1.82, 2.24) is 25.4 Å². The molecule has 0 radical (unpaired) electrons. The average molecular weight is 517 g/mol. The Labute approximate surface area is 223 Å². The molecular formula is C29H33FN6O2. The van der Waals surface area contributed by atoms with E-state index < -0.39 is 11.2 Å². The zero-order chi connectivity index (χ0) is 26.7. The zero-order valence-electron chi connectivity index (χ0n) is 21.7. The molecule has 1 aliphatic rings. The maximum absolute atomic E-state index is 15.4. The summed E-state index contributed by atoms with van der Waals surface area (Å²) in [4.78, 5) is 13.2. The van der Waals surface area contributed by atoms with Crippen molar-refractivity contribution in [3.05, 3.63) is 71.6 Å². The van der Waals surface area contributed by atoms with Crippen LogP contribution in [0.5, 0.6) is 0 Å². The highest BCUT2D eigenvalue weighted by Gasteiger charge is 2.28. The lowest BCUT2D eigenvalue weighted by Crippen LogP contribution is -2.34. The number of hydrogen-bond donors (Lipinski definition) is 1. The molecule has 0 atom stereocenters. The number of pyridine rings is 1. The van der Waals surface area contributed by atoms with E-state index in [0.29, 0.717) is 34.6 Å². The minimum Gasteiger partial charge on any atom is -0.381 e. The van der Waals surface area contributed by atoms with E-state index in [9.17, 15) is 5.26 Å². The van der Waals surface area contributed by atoms with Gasteiger partial charge >= 0.3 is 0 Å². The number of nitrogens with one attached hydrogen (secondary N) is 1. The van der Waals surface area contributed by atoms with E-state index in [2.05, 4.69) is 43.6 Å². The molecule has 8 nitrogen and oxygen atoms in total. The molecule has 1 saturated heterocycles. The van der Waals surface area contributed by atoms with Crippen LogP contribution in [0.4, 0.5) is 4.39 Å². The summed E-state index contributed by atoms with van der Waals surface area (Å²) in [7, 11) is 0. The Kier molecular flexibility index (Phi) is 7.27. The van der Waals surface area contributed by atoms with Gasteiger partial charge in [0.2, 0.25) is 0 Å². The maximum Gasteiger partial charge on any atom is 0.187 e. The predicted molar refractivity (Wildman–Crippen MR) is 144 cm³/mol. The van der Waals surface area contributed by atoms with E-state index in [1.165, 1.54) is 24.0 Å². The van der Waals surface area contributed by atoms with Gasteiger partial charge in [0.1, 0.15) is 11.4 Å². The highest BCUT2D eigenvalue weighted by atomic mass is 19.1. The minimum atomic E-state index is -1.09. The third-order valence-electron chi connectivity index (χ3n) is 6.80. The molecule has 198 valence electrons. The molecule has 0 unspecified atom stereocenters. The lowest BCUT2D eigenvalue weighted by Gasteiger charge is -2.23. The molecule has 1 N–H and O–H groups in total. The summed E-state index contributed by atoms with van der Waals surface area (Å²) in [6.45, 7) is 7.49. The third-order valence-corrected chi connectivity index (χ3v) is 6.80. The van der Waals surface area contributed by atoms with Gasteiger partial charge in [0.05, 0.1) is 34.8 Å². The topological polar surface area (TPSA) is 110 Å². The first-order chi connectivity index (χ1) is 18.4. The van der Waals surface area contributed by atoms with Gasteiger partial charge in [-0.15, -0.1) is 0 Å². The number of halogens is 1. The van der Waals surface area contributed by atoms with Crippen molar-refractivity contribution < 1.29 is 16.5 Å². The summed E-state index contributed by atoms with van der Waals surface area (Å²) in [5.74, 6) is -0.156. The molecule has 1 aromatic carbocycles. The van der Waals surface area contributed by atoms with E-state index >= 15 is 4.39 Å². The number of nitrogens with zero attached hydrogens (tertiary/aromatic N) is 5. The first-order valence-electron chi connectivity index (χ1n) is 12.6. The fourth-order valence-corrected chi connectivity index (χ4v) is 4.42. The molecule has 0 bridgehead atoms. The first kappa shape index (κ1) is 25.6. The molecule has 9 heteroatoms. The van der Waals surface area contributed by atoms with Crippen molar-refractivity contribution in [2.75, 3.05) is 13.2 Å². The second kappa shape index (κ2) is 10.8. The van der Waals surface area contributed by atoms with Gasteiger partial charge in [-0.2, -0.15) is 5.26 Å². The van der Waals surface area contributed by atoms with Gasteiger partial charge < -0.3 is 14.6 Å². The fourth-order valence-electron chi connectivity index (χ4n) is 4.42. The normalized spacial score (nSPS) is 14.4. The standard InChI is InChI=1S/C29H29FN6O2.2H2/c1-18-27(35-24(16-33-18)22-8-11-32-28(26(22)30)29(2,3)17-31)25-14-23(36-38-25)20-6-4-19(5-7-20)15-34-21-9-12-37-13-10-21;;/h4-8,11,14,16,21,34H,9-10,12-13,15H2,1-3H3;2*1H. The van der Waals surface area contributed by atoms with Crippen molar-refractivity contribution in [3.8, 4) is 40.0 Å². The monoisotopic (exact) mass is 516 g/mol. The number of rotatable bonds is 7. The minimum absolute atomic E-state index is 0. The first-order valence-corrected chi connectivity index (χ1v) is 12.6. The summed E-state index contributed by atoms with van der Waals surface area (Å²) >= 11 is 0. The van der Waals surface area contributed by atoms with E-state index in [1.807, 2.05) is 25.1 Å². The molecule has 4 aromatic rings. The molecule has 0 spiro atoms. The summed E-state index contributed by atoms with van der Waals surface area (Å²) in [5, 5.41) is 17.3. The third kappa shape index (κ3) is 5.32. The molecule has 0 saturated carbocycles. The largest absolute Gasteiger partial charge is 0.381 e. The van der Waals surface area contributed by atoms with Gasteiger partial charge in [0.15, 0.2) is 11.6 Å². The number of aryl methyl sites for hydroxylation is 1. The maximum atomic E-state index is 15.4. The van der Waals surface area contributed by atoms with Crippen LogP contribution < -0.4 is 5.32 Å². The number of ether oxygens (including phenoxy) is 1. The zero-order valence-corrected chi connectivity index (χ0v) is 21.7. The molecule has 5 rings (SSSR count). The number of hydrogen-bond acceptors (Lipinski definition) is 8. The Morgan fingerprint density at radius 2 is 1.89 bits per heavy atom. The second-order valence-electron chi connectivity index (χ2n) is 9.99. The van der Waals surface area contributed by atoms with Crippen LogP contribution >= 0.6 is 0 Å². The second-order valence-corrected chi connectivity index (χ2v) is 9.99.